The largest absolute Gasteiger partial charge is 0.370 e. The Morgan fingerprint density at radius 3 is 2.57 bits per heavy atom. The van der Waals surface area contributed by atoms with Gasteiger partial charge in [-0.15, -0.1) is 0 Å². The number of aromatic nitrogens is 1. The van der Waals surface area contributed by atoms with Crippen LogP contribution in [0.3, 0.4) is 0 Å². The van der Waals surface area contributed by atoms with Crippen LogP contribution in [0.4, 0.5) is 5.69 Å². The maximum Gasteiger partial charge on any atom is 0.269 e. The molecule has 0 aliphatic heterocycles. The SMILES string of the molecule is Cc1cccc(C(=O)NCC(C)N(C)c2ccccc2)n1. The number of pyridine rings is 1. The third-order valence-electron chi connectivity index (χ3n) is 3.50. The molecule has 1 aromatic carbocycles. The lowest BCUT2D eigenvalue weighted by Crippen LogP contribution is -2.40. The zero-order valence-electron chi connectivity index (χ0n) is 12.7. The van der Waals surface area contributed by atoms with Gasteiger partial charge in [0.1, 0.15) is 5.69 Å². The fraction of sp³-hybridized carbons (Fsp3) is 0.294. The highest BCUT2D eigenvalue weighted by molar-refractivity contribution is 5.92. The summed E-state index contributed by atoms with van der Waals surface area (Å²) in [4.78, 5) is 18.4. The maximum atomic E-state index is 12.1. The monoisotopic (exact) mass is 283 g/mol. The second-order valence-electron chi connectivity index (χ2n) is 5.17. The Hall–Kier alpha value is -2.36. The van der Waals surface area contributed by atoms with E-state index in [4.69, 9.17) is 0 Å². The van der Waals surface area contributed by atoms with Crippen molar-refractivity contribution in [2.75, 3.05) is 18.5 Å². The number of aryl methyl sites for hydroxylation is 1. The molecule has 1 N–H and O–H groups in total. The zero-order valence-corrected chi connectivity index (χ0v) is 12.7. The number of likely N-dealkylation sites (N-methyl/N-ethyl adjacent to an activating group) is 1. The van der Waals surface area contributed by atoms with Crippen molar-refractivity contribution >= 4 is 11.6 Å². The first kappa shape index (κ1) is 15.0. The average Bonchev–Trinajstić information content (AvgIpc) is 2.52. The summed E-state index contributed by atoms with van der Waals surface area (Å²) >= 11 is 0. The molecular formula is C17H21N3O. The first-order valence-electron chi connectivity index (χ1n) is 7.07. The first-order chi connectivity index (χ1) is 10.1. The Bertz CT molecular complexity index is 598. The van der Waals surface area contributed by atoms with Crippen LogP contribution >= 0.6 is 0 Å². The van der Waals surface area contributed by atoms with Crippen molar-refractivity contribution in [2.45, 2.75) is 19.9 Å². The van der Waals surface area contributed by atoms with Gasteiger partial charge in [0.25, 0.3) is 5.91 Å². The number of hydrogen-bond donors (Lipinski definition) is 1. The smallest absolute Gasteiger partial charge is 0.269 e. The molecule has 0 spiro atoms. The van der Waals surface area contributed by atoms with Gasteiger partial charge in [-0.25, -0.2) is 4.98 Å². The maximum absolute atomic E-state index is 12.1. The Labute approximate surface area is 125 Å². The molecule has 4 heteroatoms. The van der Waals surface area contributed by atoms with Crippen molar-refractivity contribution in [3.8, 4) is 0 Å². The lowest BCUT2D eigenvalue weighted by molar-refractivity contribution is 0.0946. The lowest BCUT2D eigenvalue weighted by atomic mass is 10.2. The van der Waals surface area contributed by atoms with Crippen LogP contribution in [0.2, 0.25) is 0 Å². The van der Waals surface area contributed by atoms with Crippen LogP contribution in [0, 0.1) is 6.92 Å². The highest BCUT2D eigenvalue weighted by Crippen LogP contribution is 2.13. The molecule has 1 unspecified atom stereocenters. The molecule has 1 amide bonds. The molecule has 2 aromatic rings. The van der Waals surface area contributed by atoms with Gasteiger partial charge in [0, 0.05) is 31.0 Å². The Morgan fingerprint density at radius 2 is 1.90 bits per heavy atom. The van der Waals surface area contributed by atoms with Crippen molar-refractivity contribution < 1.29 is 4.79 Å². The van der Waals surface area contributed by atoms with Crippen LogP contribution in [0.15, 0.2) is 48.5 Å². The summed E-state index contributed by atoms with van der Waals surface area (Å²) in [5, 5.41) is 2.93. The number of carbonyl (C=O) groups is 1. The van der Waals surface area contributed by atoms with Gasteiger partial charge in [-0.1, -0.05) is 24.3 Å². The number of amides is 1. The molecule has 0 radical (unpaired) electrons. The summed E-state index contributed by atoms with van der Waals surface area (Å²) in [6, 6.07) is 15.8. The molecule has 0 saturated carbocycles. The zero-order chi connectivity index (χ0) is 15.2. The molecule has 1 aromatic heterocycles. The van der Waals surface area contributed by atoms with Gasteiger partial charge in [0.2, 0.25) is 0 Å². The minimum Gasteiger partial charge on any atom is -0.370 e. The van der Waals surface area contributed by atoms with Crippen LogP contribution in [0.1, 0.15) is 23.1 Å². The number of rotatable bonds is 5. The summed E-state index contributed by atoms with van der Waals surface area (Å²) < 4.78 is 0. The summed E-state index contributed by atoms with van der Waals surface area (Å²) in [7, 11) is 2.02. The second-order valence-corrected chi connectivity index (χ2v) is 5.17. The molecule has 0 aliphatic rings. The second kappa shape index (κ2) is 6.88. The van der Waals surface area contributed by atoms with Gasteiger partial charge in [-0.2, -0.15) is 0 Å². The topological polar surface area (TPSA) is 45.2 Å². The van der Waals surface area contributed by atoms with Crippen molar-refractivity contribution in [2.24, 2.45) is 0 Å². The molecule has 1 atom stereocenters. The minimum absolute atomic E-state index is 0.132. The molecule has 1 heterocycles. The fourth-order valence-corrected chi connectivity index (χ4v) is 2.06. The number of benzene rings is 1. The van der Waals surface area contributed by atoms with Gasteiger partial charge in [-0.3, -0.25) is 4.79 Å². The number of carbonyl (C=O) groups excluding carboxylic acids is 1. The molecule has 21 heavy (non-hydrogen) atoms. The molecule has 0 aliphatic carbocycles. The van der Waals surface area contributed by atoms with Crippen molar-refractivity contribution in [3.63, 3.8) is 0 Å². The summed E-state index contributed by atoms with van der Waals surface area (Å²) in [6.07, 6.45) is 0. The summed E-state index contributed by atoms with van der Waals surface area (Å²) in [5.41, 5.74) is 2.44. The summed E-state index contributed by atoms with van der Waals surface area (Å²) in [5.74, 6) is -0.132. The molecule has 110 valence electrons. The van der Waals surface area contributed by atoms with Crippen LogP contribution in [0.25, 0.3) is 0 Å². The van der Waals surface area contributed by atoms with Crippen molar-refractivity contribution in [3.05, 3.63) is 59.9 Å². The van der Waals surface area contributed by atoms with E-state index in [-0.39, 0.29) is 11.9 Å². The Balaban J connectivity index is 1.92. The number of para-hydroxylation sites is 1. The van der Waals surface area contributed by atoms with Gasteiger partial charge in [0.05, 0.1) is 0 Å². The fourth-order valence-electron chi connectivity index (χ4n) is 2.06. The van der Waals surface area contributed by atoms with E-state index >= 15 is 0 Å². The van der Waals surface area contributed by atoms with Gasteiger partial charge < -0.3 is 10.2 Å². The van der Waals surface area contributed by atoms with E-state index in [0.29, 0.717) is 12.2 Å². The molecule has 0 saturated heterocycles. The highest BCUT2D eigenvalue weighted by atomic mass is 16.1. The minimum atomic E-state index is -0.132. The predicted molar refractivity (Wildman–Crippen MR) is 85.6 cm³/mol. The molecule has 0 bridgehead atoms. The van der Waals surface area contributed by atoms with Crippen LogP contribution in [-0.4, -0.2) is 30.5 Å². The number of anilines is 1. The van der Waals surface area contributed by atoms with E-state index < -0.39 is 0 Å². The van der Waals surface area contributed by atoms with Crippen molar-refractivity contribution in [1.29, 1.82) is 0 Å². The Kier molecular flexibility index (Phi) is 4.93. The molecule has 4 nitrogen and oxygen atoms in total. The van der Waals surface area contributed by atoms with Gasteiger partial charge in [0.15, 0.2) is 0 Å². The van der Waals surface area contributed by atoms with E-state index in [0.717, 1.165) is 11.4 Å². The van der Waals surface area contributed by atoms with E-state index in [1.165, 1.54) is 0 Å². The average molecular weight is 283 g/mol. The third-order valence-corrected chi connectivity index (χ3v) is 3.50. The van der Waals surface area contributed by atoms with Crippen molar-refractivity contribution in [1.82, 2.24) is 10.3 Å². The van der Waals surface area contributed by atoms with E-state index in [2.05, 4.69) is 34.3 Å². The molecule has 0 fully saturated rings. The quantitative estimate of drug-likeness (QED) is 0.917. The van der Waals surface area contributed by atoms with Crippen LogP contribution in [0.5, 0.6) is 0 Å². The number of nitrogens with zero attached hydrogens (tertiary/aromatic N) is 2. The predicted octanol–water partition coefficient (Wildman–Crippen LogP) is 2.64. The van der Waals surface area contributed by atoms with Gasteiger partial charge >= 0.3 is 0 Å². The van der Waals surface area contributed by atoms with E-state index in [9.17, 15) is 4.79 Å². The first-order valence-corrected chi connectivity index (χ1v) is 7.07. The standard InChI is InChI=1S/C17H21N3O/c1-13-8-7-11-16(19-13)17(21)18-12-14(2)20(3)15-9-5-4-6-10-15/h4-11,14H,12H2,1-3H3,(H,18,21). The van der Waals surface area contributed by atoms with Crippen LogP contribution in [-0.2, 0) is 0 Å². The molecular weight excluding hydrogens is 262 g/mol. The highest BCUT2D eigenvalue weighted by Gasteiger charge is 2.12. The van der Waals surface area contributed by atoms with E-state index in [1.54, 1.807) is 6.07 Å². The summed E-state index contributed by atoms with van der Waals surface area (Å²) in [6.45, 7) is 4.53. The van der Waals surface area contributed by atoms with Crippen LogP contribution < -0.4 is 10.2 Å². The van der Waals surface area contributed by atoms with E-state index in [1.807, 2.05) is 44.3 Å². The lowest BCUT2D eigenvalue weighted by Gasteiger charge is -2.27. The molecule has 2 rings (SSSR count). The normalized spacial score (nSPS) is 11.8. The number of nitrogens with one attached hydrogen (secondary N) is 1. The third kappa shape index (κ3) is 4.05. The Morgan fingerprint density at radius 1 is 1.19 bits per heavy atom. The van der Waals surface area contributed by atoms with Gasteiger partial charge in [-0.05, 0) is 38.1 Å². The number of hydrogen-bond acceptors (Lipinski definition) is 3.